The van der Waals surface area contributed by atoms with Gasteiger partial charge in [-0.15, -0.1) is 0 Å². The standard InChI is InChI=1S/Ca.Fe.Nb.Pb.4H. The summed E-state index contributed by atoms with van der Waals surface area (Å²) in [5.41, 5.74) is 0. The molecule has 23 valence electrons. The first-order valence-corrected chi connectivity index (χ1v) is 0. The molecule has 0 saturated carbocycles. The van der Waals surface area contributed by atoms with Gasteiger partial charge in [-0.3, -0.25) is 0 Å². The molecule has 0 spiro atoms. The minimum absolute atomic E-state index is 0. The third-order valence-corrected chi connectivity index (χ3v) is 0. The van der Waals surface area contributed by atoms with Crippen molar-refractivity contribution < 1.29 is 39.4 Å². The number of rotatable bonds is 0. The maximum atomic E-state index is 0. The Morgan fingerprint density at radius 1 is 1.00 bits per heavy atom. The molecule has 0 heterocycles. The van der Waals surface area contributed by atoms with Crippen molar-refractivity contribution >= 4 is 65.0 Å². The fraction of sp³-hybridized carbons (Fsp3) is 0. The van der Waals surface area contributed by atoms with Crippen LogP contribution in [0, 0.1) is 0 Å². The molecule has 0 nitrogen and oxygen atoms in total. The van der Waals surface area contributed by atoms with Crippen molar-refractivity contribution in [2.45, 2.75) is 0 Å². The summed E-state index contributed by atoms with van der Waals surface area (Å²) in [6, 6.07) is 0. The number of hydrogen-bond acceptors (Lipinski definition) is 0. The molecule has 0 amide bonds. The monoisotopic (exact) mass is 401 g/mol. The van der Waals surface area contributed by atoms with Crippen molar-refractivity contribution in [2.75, 3.05) is 0 Å². The van der Waals surface area contributed by atoms with Gasteiger partial charge in [0, 0.05) is 39.4 Å². The molecule has 0 aliphatic heterocycles. The molecule has 0 bridgehead atoms. The van der Waals surface area contributed by atoms with Gasteiger partial charge in [0.1, 0.15) is 0 Å². The van der Waals surface area contributed by atoms with E-state index in [0.717, 1.165) is 0 Å². The summed E-state index contributed by atoms with van der Waals surface area (Å²) in [5.74, 6) is 0. The molecule has 0 saturated heterocycles. The van der Waals surface area contributed by atoms with Crippen LogP contribution in [0.3, 0.4) is 0 Å². The third-order valence-electron chi connectivity index (χ3n) is 0. The van der Waals surface area contributed by atoms with Crippen molar-refractivity contribution in [1.82, 2.24) is 0 Å². The Balaban J connectivity index is 0. The summed E-state index contributed by atoms with van der Waals surface area (Å²) in [6.45, 7) is 0. The van der Waals surface area contributed by atoms with E-state index in [0.29, 0.717) is 0 Å². The van der Waals surface area contributed by atoms with E-state index in [2.05, 4.69) is 0 Å². The van der Waals surface area contributed by atoms with Gasteiger partial charge in [-0.2, -0.15) is 0 Å². The Bertz CT molecular complexity index is 8.00. The summed E-state index contributed by atoms with van der Waals surface area (Å²) in [4.78, 5) is 0. The summed E-state index contributed by atoms with van der Waals surface area (Å²) in [7, 11) is 0. The van der Waals surface area contributed by atoms with Crippen molar-refractivity contribution in [3.05, 3.63) is 0 Å². The predicted octanol–water partition coefficient (Wildman–Crippen LogP) is -1.84. The Labute approximate surface area is 102 Å². The van der Waals surface area contributed by atoms with Gasteiger partial charge in [0.05, 0.1) is 0 Å². The van der Waals surface area contributed by atoms with Crippen LogP contribution < -0.4 is 0 Å². The van der Waals surface area contributed by atoms with E-state index in [9.17, 15) is 0 Å². The molecule has 4 heteroatoms. The minimum atomic E-state index is 0. The van der Waals surface area contributed by atoms with Crippen LogP contribution in [0.25, 0.3) is 0 Å². The Morgan fingerprint density at radius 2 is 1.00 bits per heavy atom. The van der Waals surface area contributed by atoms with Crippen LogP contribution in [0.1, 0.15) is 0 Å². The van der Waals surface area contributed by atoms with E-state index in [1.807, 2.05) is 0 Å². The molecule has 0 N–H and O–H groups in total. The van der Waals surface area contributed by atoms with E-state index in [1.165, 1.54) is 0 Å². The molecule has 4 heavy (non-hydrogen) atoms. The molecule has 0 aliphatic carbocycles. The molecule has 0 atom stereocenters. The zero-order valence-electron chi connectivity index (χ0n) is 1.51. The molecule has 3 radical (unpaired) electrons. The van der Waals surface area contributed by atoms with Gasteiger partial charge in [-0.05, 0) is 0 Å². The summed E-state index contributed by atoms with van der Waals surface area (Å²) in [5, 5.41) is 0. The van der Waals surface area contributed by atoms with Crippen LogP contribution in [0.5, 0.6) is 0 Å². The summed E-state index contributed by atoms with van der Waals surface area (Å²) >= 11 is 0. The molecule has 0 aromatic rings. The molecule has 0 unspecified atom stereocenters. The average molecular weight is 400 g/mol. The van der Waals surface area contributed by atoms with Crippen LogP contribution in [-0.2, 0) is 39.4 Å². The van der Waals surface area contributed by atoms with Gasteiger partial charge >= 0.3 is 65.0 Å². The van der Waals surface area contributed by atoms with E-state index in [1.54, 1.807) is 0 Å². The van der Waals surface area contributed by atoms with Gasteiger partial charge in [-0.25, -0.2) is 0 Å². The van der Waals surface area contributed by atoms with Gasteiger partial charge in [0.15, 0.2) is 0 Å². The zero-order valence-corrected chi connectivity index (χ0v) is 10.3. The summed E-state index contributed by atoms with van der Waals surface area (Å²) < 4.78 is 0. The average Bonchev–Trinajstić information content (AvgIpc) is 0. The fourth-order valence-corrected chi connectivity index (χ4v) is 0. The SMILES string of the molecule is [CaH2].[Fe].[Nb].[PbH2]. The Morgan fingerprint density at radius 3 is 1.00 bits per heavy atom. The van der Waals surface area contributed by atoms with Crippen LogP contribution in [0.4, 0.5) is 0 Å². The molecule has 0 aromatic carbocycles. The molecular formula is H4CaFeNbPb. The van der Waals surface area contributed by atoms with Crippen LogP contribution in [0.2, 0.25) is 0 Å². The van der Waals surface area contributed by atoms with Crippen LogP contribution in [0.15, 0.2) is 0 Å². The molecule has 0 fully saturated rings. The maximum absolute atomic E-state index is 0. The van der Waals surface area contributed by atoms with E-state index < -0.39 is 0 Å². The van der Waals surface area contributed by atoms with Crippen molar-refractivity contribution in [2.24, 2.45) is 0 Å². The quantitative estimate of drug-likeness (QED) is 0.420. The van der Waals surface area contributed by atoms with E-state index in [-0.39, 0.29) is 104 Å². The van der Waals surface area contributed by atoms with Gasteiger partial charge in [-0.1, -0.05) is 0 Å². The van der Waals surface area contributed by atoms with Crippen LogP contribution >= 0.6 is 0 Å². The predicted molar refractivity (Wildman–Crippen MR) is 17.1 cm³/mol. The van der Waals surface area contributed by atoms with Gasteiger partial charge in [0.25, 0.3) is 0 Å². The second-order valence-electron chi connectivity index (χ2n) is 0. The molecule has 0 aromatic heterocycles. The first-order valence-electron chi connectivity index (χ1n) is 0. The van der Waals surface area contributed by atoms with Crippen molar-refractivity contribution in [1.29, 1.82) is 0 Å². The first kappa shape index (κ1) is 26.1. The van der Waals surface area contributed by atoms with E-state index in [4.69, 9.17) is 0 Å². The number of hydrogen-bond donors (Lipinski definition) is 0. The fourth-order valence-electron chi connectivity index (χ4n) is 0. The van der Waals surface area contributed by atoms with Crippen molar-refractivity contribution in [3.8, 4) is 0 Å². The Kier molecular flexibility index (Phi) is 105. The second-order valence-corrected chi connectivity index (χ2v) is 0. The van der Waals surface area contributed by atoms with Crippen molar-refractivity contribution in [3.63, 3.8) is 0 Å². The van der Waals surface area contributed by atoms with Gasteiger partial charge in [0.2, 0.25) is 0 Å². The third kappa shape index (κ3) is 9.06. The first-order chi connectivity index (χ1) is 0. The normalized spacial score (nSPS) is 0. The van der Waals surface area contributed by atoms with Gasteiger partial charge < -0.3 is 0 Å². The summed E-state index contributed by atoms with van der Waals surface area (Å²) in [6.07, 6.45) is 0. The molecule has 0 aliphatic rings. The topological polar surface area (TPSA) is 0 Å². The van der Waals surface area contributed by atoms with Crippen LogP contribution in [-0.4, -0.2) is 65.0 Å². The Hall–Kier alpha value is 3.44. The zero-order chi connectivity index (χ0) is 0. The van der Waals surface area contributed by atoms with E-state index >= 15 is 0 Å². The molecule has 0 rings (SSSR count). The molecular weight excluding hydrogens is 396 g/mol. The second kappa shape index (κ2) is 16.1.